The lowest BCUT2D eigenvalue weighted by Gasteiger charge is -2.36. The van der Waals surface area contributed by atoms with Gasteiger partial charge in [0, 0.05) is 38.5 Å². The molecule has 13 heteroatoms. The van der Waals surface area contributed by atoms with Gasteiger partial charge in [-0.25, -0.2) is 13.6 Å². The minimum Gasteiger partial charge on any atom is -0.444 e. The van der Waals surface area contributed by atoms with Crippen LogP contribution in [0, 0.1) is 11.8 Å². The highest BCUT2D eigenvalue weighted by Crippen LogP contribution is 2.31. The fourth-order valence-corrected chi connectivity index (χ4v) is 6.53. The van der Waals surface area contributed by atoms with E-state index >= 15 is 0 Å². The number of alkyl halides is 2. The van der Waals surface area contributed by atoms with Crippen molar-refractivity contribution in [3.8, 4) is 0 Å². The molecule has 0 aromatic heterocycles. The lowest BCUT2D eigenvalue weighted by atomic mass is 9.83. The Labute approximate surface area is 353 Å². The molecule has 59 heavy (non-hydrogen) atoms. The summed E-state index contributed by atoms with van der Waals surface area (Å²) in [5, 5.41) is 8.55. The minimum atomic E-state index is -2.50. The third kappa shape index (κ3) is 21.5. The minimum absolute atomic E-state index is 0.0445. The third-order valence-corrected chi connectivity index (χ3v) is 10.7. The summed E-state index contributed by atoms with van der Waals surface area (Å²) in [6.07, 6.45) is 11.1. The molecule has 3 atom stereocenters. The van der Waals surface area contributed by atoms with Crippen LogP contribution in [0.5, 0.6) is 0 Å². The van der Waals surface area contributed by atoms with Gasteiger partial charge in [-0.1, -0.05) is 95.9 Å². The number of amides is 4. The Morgan fingerprint density at radius 3 is 1.92 bits per heavy atom. The van der Waals surface area contributed by atoms with Gasteiger partial charge in [0.2, 0.25) is 23.6 Å². The SMILES string of the molecule is C=C(CNC(=C)C1CCCN1C(=O)C(NC(=O)OC(C)(C)CC)C1CCCCC1)C(=O)NCC(C)=O.CC(C(=O)N(C)C)c1ccccc1.CC(C)(F)F.CC1CCC1. The molecule has 1 saturated heterocycles. The Balaban J connectivity index is 0.000000607. The van der Waals surface area contributed by atoms with E-state index in [0.29, 0.717) is 18.7 Å². The quantitative estimate of drug-likeness (QED) is 0.160. The van der Waals surface area contributed by atoms with E-state index < -0.39 is 29.6 Å². The van der Waals surface area contributed by atoms with Gasteiger partial charge in [0.25, 0.3) is 0 Å². The van der Waals surface area contributed by atoms with Gasteiger partial charge in [0.1, 0.15) is 17.4 Å². The van der Waals surface area contributed by atoms with Crippen molar-refractivity contribution in [3.05, 3.63) is 60.3 Å². The summed E-state index contributed by atoms with van der Waals surface area (Å²) < 4.78 is 27.6. The van der Waals surface area contributed by atoms with Crippen LogP contribution in [0.4, 0.5) is 13.6 Å². The molecule has 1 aromatic carbocycles. The highest BCUT2D eigenvalue weighted by atomic mass is 19.3. The van der Waals surface area contributed by atoms with Gasteiger partial charge >= 0.3 is 6.09 Å². The number of ketones is 1. The number of nitrogens with zero attached hydrogens (tertiary/aromatic N) is 2. The molecule has 11 nitrogen and oxygen atoms in total. The second kappa shape index (κ2) is 26.0. The summed E-state index contributed by atoms with van der Waals surface area (Å²) in [5.74, 6) is -1.93. The van der Waals surface area contributed by atoms with Crippen LogP contribution in [-0.4, -0.2) is 96.7 Å². The van der Waals surface area contributed by atoms with Crippen LogP contribution in [0.25, 0.3) is 0 Å². The van der Waals surface area contributed by atoms with E-state index in [0.717, 1.165) is 70.3 Å². The van der Waals surface area contributed by atoms with Crippen molar-refractivity contribution in [2.24, 2.45) is 11.8 Å². The van der Waals surface area contributed by atoms with Gasteiger partial charge in [-0.3, -0.25) is 19.2 Å². The van der Waals surface area contributed by atoms with Crippen molar-refractivity contribution in [1.29, 1.82) is 0 Å². The van der Waals surface area contributed by atoms with Crippen LogP contribution in [-0.2, 0) is 23.9 Å². The number of halogens is 2. The first-order chi connectivity index (χ1) is 27.5. The summed E-state index contributed by atoms with van der Waals surface area (Å²) in [6, 6.07) is 8.92. The molecule has 4 amide bonds. The molecule has 0 radical (unpaired) electrons. The van der Waals surface area contributed by atoms with Crippen LogP contribution in [0.2, 0.25) is 0 Å². The van der Waals surface area contributed by atoms with Gasteiger partial charge in [0.05, 0.1) is 18.5 Å². The molecule has 1 aromatic rings. The molecule has 4 rings (SSSR count). The largest absolute Gasteiger partial charge is 0.444 e. The first kappa shape index (κ1) is 52.7. The molecule has 2 aliphatic carbocycles. The number of carbonyl (C=O) groups excluding carboxylic acids is 5. The molecule has 2 saturated carbocycles. The molecule has 3 aliphatic rings. The molecule has 0 spiro atoms. The number of carbonyl (C=O) groups is 5. The van der Waals surface area contributed by atoms with Crippen LogP contribution < -0.4 is 16.0 Å². The van der Waals surface area contributed by atoms with Gasteiger partial charge in [-0.05, 0) is 91.0 Å². The van der Waals surface area contributed by atoms with Crippen molar-refractivity contribution in [2.45, 2.75) is 156 Å². The average molecular weight is 832 g/mol. The number of Topliss-reactive ketones (excluding diaryl/α,β-unsaturated/α-hetero) is 1. The van der Waals surface area contributed by atoms with E-state index in [2.05, 4.69) is 36.0 Å². The molecule has 3 unspecified atom stereocenters. The summed E-state index contributed by atoms with van der Waals surface area (Å²) in [5.41, 5.74) is 1.36. The van der Waals surface area contributed by atoms with Crippen molar-refractivity contribution in [2.75, 3.05) is 33.7 Å². The van der Waals surface area contributed by atoms with E-state index in [-0.39, 0.29) is 54.1 Å². The first-order valence-corrected chi connectivity index (χ1v) is 21.3. The number of hydrogen-bond donors (Lipinski definition) is 3. The van der Waals surface area contributed by atoms with Gasteiger partial charge in [-0.2, -0.15) is 0 Å². The monoisotopic (exact) mass is 832 g/mol. The third-order valence-electron chi connectivity index (χ3n) is 10.7. The molecule has 3 N–H and O–H groups in total. The second-order valence-electron chi connectivity index (χ2n) is 17.3. The number of alkyl carbamates (subject to hydrolysis) is 1. The van der Waals surface area contributed by atoms with Crippen LogP contribution >= 0.6 is 0 Å². The molecule has 0 bridgehead atoms. The predicted octanol–water partition coefficient (Wildman–Crippen LogP) is 8.55. The highest BCUT2D eigenvalue weighted by molar-refractivity contribution is 5.95. The smallest absolute Gasteiger partial charge is 0.408 e. The fourth-order valence-electron chi connectivity index (χ4n) is 6.53. The summed E-state index contributed by atoms with van der Waals surface area (Å²) in [7, 11) is 3.56. The van der Waals surface area contributed by atoms with E-state index in [1.807, 2.05) is 58.0 Å². The molecule has 1 aliphatic heterocycles. The number of nitrogens with one attached hydrogen (secondary N) is 3. The molecule has 1 heterocycles. The Morgan fingerprint density at radius 2 is 1.44 bits per heavy atom. The number of hydrogen-bond acceptors (Lipinski definition) is 7. The van der Waals surface area contributed by atoms with Crippen LogP contribution in [0.3, 0.4) is 0 Å². The van der Waals surface area contributed by atoms with Crippen LogP contribution in [0.15, 0.2) is 54.8 Å². The van der Waals surface area contributed by atoms with Gasteiger partial charge in [-0.15, -0.1) is 0 Å². The Morgan fingerprint density at radius 1 is 0.881 bits per heavy atom. The summed E-state index contributed by atoms with van der Waals surface area (Å²) in [4.78, 5) is 64.7. The van der Waals surface area contributed by atoms with Gasteiger partial charge < -0.3 is 30.5 Å². The van der Waals surface area contributed by atoms with Crippen molar-refractivity contribution in [3.63, 3.8) is 0 Å². The summed E-state index contributed by atoms with van der Waals surface area (Å²) in [6.45, 7) is 21.6. The normalized spacial score (nSPS) is 17.6. The molecular weight excluding hydrogens is 757 g/mol. The molecule has 334 valence electrons. The zero-order valence-electron chi connectivity index (χ0n) is 37.7. The Hall–Kier alpha value is -4.29. The predicted molar refractivity (Wildman–Crippen MR) is 232 cm³/mol. The summed E-state index contributed by atoms with van der Waals surface area (Å²) >= 11 is 0. The lowest BCUT2D eigenvalue weighted by molar-refractivity contribution is -0.135. The van der Waals surface area contributed by atoms with Gasteiger partial charge in [0.15, 0.2) is 0 Å². The maximum atomic E-state index is 13.8. The van der Waals surface area contributed by atoms with Crippen molar-refractivity contribution in [1.82, 2.24) is 25.8 Å². The Kier molecular flexibility index (Phi) is 23.3. The first-order valence-electron chi connectivity index (χ1n) is 21.3. The number of ether oxygens (including phenoxy) is 1. The number of rotatable bonds is 14. The van der Waals surface area contributed by atoms with Crippen molar-refractivity contribution < 1.29 is 37.5 Å². The number of benzene rings is 1. The number of likely N-dealkylation sites (N-methyl/N-ethyl adjacent to an activating group) is 1. The second-order valence-corrected chi connectivity index (χ2v) is 17.3. The highest BCUT2D eigenvalue weighted by Gasteiger charge is 2.40. The van der Waals surface area contributed by atoms with Crippen LogP contribution in [0.1, 0.15) is 138 Å². The standard InChI is InChI=1S/C27H44N4O5.C11H15NO.C5H10.C3H6F2/c1-7-27(5,6)36-26(35)30-23(21-12-9-8-10-13-21)25(34)31-15-11-14-22(31)20(4)28-16-18(2)24(33)29-17-19(3)32;1-9(11(13)12(2)3)10-7-5-4-6-8-10;1-5-3-2-4-5;1-3(2,4)5/h21-23,28H,2,4,7-17H2,1,3,5-6H3,(H,29,33)(H,30,35);4-9H,1-3H3;5H,2-4H2,1H3;1-2H3. The maximum Gasteiger partial charge on any atom is 0.408 e. The van der Waals surface area contributed by atoms with E-state index in [1.165, 1.54) is 26.2 Å². The van der Waals surface area contributed by atoms with E-state index in [1.54, 1.807) is 23.9 Å². The number of likely N-dealkylation sites (tertiary alicyclic amines) is 1. The van der Waals surface area contributed by atoms with E-state index in [9.17, 15) is 32.8 Å². The Bertz CT molecular complexity index is 1500. The zero-order valence-corrected chi connectivity index (χ0v) is 37.7. The van der Waals surface area contributed by atoms with Crippen molar-refractivity contribution >= 4 is 29.6 Å². The average Bonchev–Trinajstić information content (AvgIpc) is 3.67. The maximum absolute atomic E-state index is 13.8. The van der Waals surface area contributed by atoms with E-state index in [4.69, 9.17) is 4.74 Å². The molecular formula is C46H75F2N5O6. The topological polar surface area (TPSA) is 137 Å². The zero-order chi connectivity index (χ0) is 44.9. The molecule has 3 fully saturated rings. The fraction of sp³-hybridized carbons (Fsp3) is 0.674. The lowest BCUT2D eigenvalue weighted by Crippen LogP contribution is -2.55.